The van der Waals surface area contributed by atoms with E-state index in [4.69, 9.17) is 0 Å². The number of hydrogen-bond acceptors (Lipinski definition) is 2. The molecule has 0 amide bonds. The summed E-state index contributed by atoms with van der Waals surface area (Å²) in [6.07, 6.45) is 12.7. The lowest BCUT2D eigenvalue weighted by Crippen LogP contribution is -2.26. The first-order chi connectivity index (χ1) is 9.68. The van der Waals surface area contributed by atoms with Crippen molar-refractivity contribution in [3.05, 3.63) is 17.5 Å². The van der Waals surface area contributed by atoms with Gasteiger partial charge in [-0.3, -0.25) is 4.68 Å². The highest BCUT2D eigenvalue weighted by Crippen LogP contribution is 2.29. The van der Waals surface area contributed by atoms with Crippen LogP contribution in [-0.2, 0) is 13.5 Å². The third-order valence-electron chi connectivity index (χ3n) is 4.47. The zero-order valence-corrected chi connectivity index (χ0v) is 13.5. The van der Waals surface area contributed by atoms with Gasteiger partial charge in [0.1, 0.15) is 0 Å². The molecule has 1 aliphatic rings. The number of aromatic nitrogens is 2. The summed E-state index contributed by atoms with van der Waals surface area (Å²) in [5, 5.41) is 8.15. The number of nitrogens with one attached hydrogen (secondary N) is 1. The highest BCUT2D eigenvalue weighted by Gasteiger charge is 2.22. The minimum absolute atomic E-state index is 0.545. The highest BCUT2D eigenvalue weighted by molar-refractivity contribution is 5.24. The Balaban J connectivity index is 1.63. The van der Waals surface area contributed by atoms with E-state index in [1.807, 2.05) is 0 Å². The van der Waals surface area contributed by atoms with Crippen molar-refractivity contribution in [2.75, 3.05) is 6.54 Å². The van der Waals surface area contributed by atoms with Crippen LogP contribution in [-0.4, -0.2) is 16.3 Å². The average molecular weight is 277 g/mol. The molecule has 0 spiro atoms. The van der Waals surface area contributed by atoms with Gasteiger partial charge in [0.15, 0.2) is 0 Å². The molecular weight excluding hydrogens is 246 g/mol. The van der Waals surface area contributed by atoms with Gasteiger partial charge in [0.25, 0.3) is 0 Å². The van der Waals surface area contributed by atoms with Crippen LogP contribution in [0.2, 0.25) is 0 Å². The summed E-state index contributed by atoms with van der Waals surface area (Å²) in [6, 6.07) is 0.545. The molecular formula is C17H31N3. The molecule has 0 bridgehead atoms. The minimum atomic E-state index is 0.545. The van der Waals surface area contributed by atoms with E-state index < -0.39 is 0 Å². The summed E-state index contributed by atoms with van der Waals surface area (Å²) in [4.78, 5) is 0. The molecule has 0 saturated heterocycles. The first-order valence-electron chi connectivity index (χ1n) is 8.42. The van der Waals surface area contributed by atoms with Gasteiger partial charge >= 0.3 is 0 Å². The van der Waals surface area contributed by atoms with Crippen molar-refractivity contribution in [2.24, 2.45) is 13.0 Å². The SMILES string of the molecule is CC(C)CCCCCCNC1CCCc2c1cnn2C. The molecule has 2 rings (SSSR count). The molecule has 1 aromatic rings. The Hall–Kier alpha value is -0.830. The quantitative estimate of drug-likeness (QED) is 0.728. The standard InChI is InChI=1S/C17H31N3/c1-14(2)9-6-4-5-7-12-18-16-10-8-11-17-15(16)13-19-20(17)3/h13-14,16,18H,4-12H2,1-3H3. The van der Waals surface area contributed by atoms with Crippen molar-refractivity contribution < 1.29 is 0 Å². The molecule has 0 radical (unpaired) electrons. The Morgan fingerprint density at radius 2 is 2.10 bits per heavy atom. The molecule has 1 unspecified atom stereocenters. The Morgan fingerprint density at radius 3 is 2.90 bits per heavy atom. The summed E-state index contributed by atoms with van der Waals surface area (Å²) in [7, 11) is 2.07. The summed E-state index contributed by atoms with van der Waals surface area (Å²) in [6.45, 7) is 5.78. The molecule has 0 aliphatic heterocycles. The predicted octanol–water partition coefficient (Wildman–Crippen LogP) is 3.99. The number of rotatable bonds is 8. The molecule has 1 N–H and O–H groups in total. The number of fused-ring (bicyclic) bond motifs is 1. The van der Waals surface area contributed by atoms with E-state index in [9.17, 15) is 0 Å². The molecule has 0 fully saturated rings. The van der Waals surface area contributed by atoms with E-state index in [1.165, 1.54) is 62.6 Å². The van der Waals surface area contributed by atoms with Crippen LogP contribution < -0.4 is 5.32 Å². The highest BCUT2D eigenvalue weighted by atomic mass is 15.3. The van der Waals surface area contributed by atoms with E-state index in [2.05, 4.69) is 42.2 Å². The minimum Gasteiger partial charge on any atom is -0.310 e. The zero-order chi connectivity index (χ0) is 14.4. The summed E-state index contributed by atoms with van der Waals surface area (Å²) >= 11 is 0. The molecule has 1 aromatic heterocycles. The maximum Gasteiger partial charge on any atom is 0.0540 e. The summed E-state index contributed by atoms with van der Waals surface area (Å²) in [5.41, 5.74) is 2.88. The van der Waals surface area contributed by atoms with Crippen LogP contribution in [0, 0.1) is 5.92 Å². The second-order valence-corrected chi connectivity index (χ2v) is 6.67. The topological polar surface area (TPSA) is 29.9 Å². The Labute approximate surface area is 124 Å². The second-order valence-electron chi connectivity index (χ2n) is 6.67. The van der Waals surface area contributed by atoms with E-state index in [1.54, 1.807) is 0 Å². The molecule has 3 nitrogen and oxygen atoms in total. The fourth-order valence-electron chi connectivity index (χ4n) is 3.23. The molecule has 114 valence electrons. The number of unbranched alkanes of at least 4 members (excludes halogenated alkanes) is 3. The lowest BCUT2D eigenvalue weighted by molar-refractivity contribution is 0.439. The van der Waals surface area contributed by atoms with Gasteiger partial charge in [-0.2, -0.15) is 5.10 Å². The van der Waals surface area contributed by atoms with E-state index in [0.29, 0.717) is 6.04 Å². The van der Waals surface area contributed by atoms with Gasteiger partial charge in [0, 0.05) is 24.3 Å². The molecule has 1 heterocycles. The van der Waals surface area contributed by atoms with Crippen molar-refractivity contribution in [1.29, 1.82) is 0 Å². The fourth-order valence-corrected chi connectivity index (χ4v) is 3.23. The van der Waals surface area contributed by atoms with Crippen molar-refractivity contribution in [3.63, 3.8) is 0 Å². The molecule has 0 saturated carbocycles. The zero-order valence-electron chi connectivity index (χ0n) is 13.5. The van der Waals surface area contributed by atoms with Crippen LogP contribution in [0.25, 0.3) is 0 Å². The van der Waals surface area contributed by atoms with Crippen LogP contribution >= 0.6 is 0 Å². The normalized spacial score (nSPS) is 18.5. The lowest BCUT2D eigenvalue weighted by atomic mass is 9.93. The van der Waals surface area contributed by atoms with E-state index in [0.717, 1.165) is 12.5 Å². The lowest BCUT2D eigenvalue weighted by Gasteiger charge is -2.23. The summed E-state index contributed by atoms with van der Waals surface area (Å²) < 4.78 is 2.05. The molecule has 3 heteroatoms. The molecule has 1 aliphatic carbocycles. The van der Waals surface area contributed by atoms with Gasteiger partial charge in [-0.05, 0) is 38.1 Å². The molecule has 1 atom stereocenters. The maximum absolute atomic E-state index is 4.41. The summed E-state index contributed by atoms with van der Waals surface area (Å²) in [5.74, 6) is 0.861. The van der Waals surface area contributed by atoms with Gasteiger partial charge in [0.2, 0.25) is 0 Å². The van der Waals surface area contributed by atoms with Gasteiger partial charge in [-0.25, -0.2) is 0 Å². The van der Waals surface area contributed by atoms with Crippen LogP contribution in [0.15, 0.2) is 6.20 Å². The maximum atomic E-state index is 4.41. The monoisotopic (exact) mass is 277 g/mol. The van der Waals surface area contributed by atoms with Gasteiger partial charge in [-0.15, -0.1) is 0 Å². The van der Waals surface area contributed by atoms with Gasteiger partial charge in [0.05, 0.1) is 6.20 Å². The molecule has 20 heavy (non-hydrogen) atoms. The number of hydrogen-bond donors (Lipinski definition) is 1. The average Bonchev–Trinajstić information content (AvgIpc) is 2.80. The van der Waals surface area contributed by atoms with E-state index >= 15 is 0 Å². The Morgan fingerprint density at radius 1 is 1.30 bits per heavy atom. The second kappa shape index (κ2) is 7.82. The first-order valence-corrected chi connectivity index (χ1v) is 8.42. The van der Waals surface area contributed by atoms with Gasteiger partial charge in [-0.1, -0.05) is 39.5 Å². The third kappa shape index (κ3) is 4.34. The van der Waals surface area contributed by atoms with Crippen LogP contribution in [0.1, 0.15) is 76.1 Å². The smallest absolute Gasteiger partial charge is 0.0540 e. The number of nitrogens with zero attached hydrogens (tertiary/aromatic N) is 2. The van der Waals surface area contributed by atoms with Crippen molar-refractivity contribution in [3.8, 4) is 0 Å². The Kier molecular flexibility index (Phi) is 6.08. The molecule has 0 aromatic carbocycles. The largest absolute Gasteiger partial charge is 0.310 e. The van der Waals surface area contributed by atoms with E-state index in [-0.39, 0.29) is 0 Å². The number of aryl methyl sites for hydroxylation is 1. The Bertz CT molecular complexity index is 395. The fraction of sp³-hybridized carbons (Fsp3) is 0.824. The van der Waals surface area contributed by atoms with Crippen molar-refractivity contribution in [1.82, 2.24) is 15.1 Å². The third-order valence-corrected chi connectivity index (χ3v) is 4.47. The van der Waals surface area contributed by atoms with Gasteiger partial charge < -0.3 is 5.32 Å². The van der Waals surface area contributed by atoms with Crippen molar-refractivity contribution in [2.45, 2.75) is 71.3 Å². The van der Waals surface area contributed by atoms with Crippen LogP contribution in [0.3, 0.4) is 0 Å². The van der Waals surface area contributed by atoms with Crippen LogP contribution in [0.4, 0.5) is 0 Å². The van der Waals surface area contributed by atoms with Crippen molar-refractivity contribution >= 4 is 0 Å². The predicted molar refractivity (Wildman–Crippen MR) is 84.8 cm³/mol. The van der Waals surface area contributed by atoms with Crippen LogP contribution in [0.5, 0.6) is 0 Å². The first kappa shape index (κ1) is 15.6.